The molecule has 11 heteroatoms. The van der Waals surface area contributed by atoms with Crippen LogP contribution in [0.25, 0.3) is 0 Å². The number of rotatable bonds is 8. The molecular formula is C14H20F2N4O4S. The summed E-state index contributed by atoms with van der Waals surface area (Å²) in [7, 11) is -4.04. The fourth-order valence-corrected chi connectivity index (χ4v) is 2.92. The van der Waals surface area contributed by atoms with Crippen molar-refractivity contribution in [3.63, 3.8) is 0 Å². The van der Waals surface area contributed by atoms with Crippen LogP contribution in [-0.2, 0) is 19.6 Å². The molecule has 140 valence electrons. The van der Waals surface area contributed by atoms with Gasteiger partial charge in [0, 0.05) is 12.6 Å². The number of hydrogen-bond donors (Lipinski definition) is 4. The third kappa shape index (κ3) is 6.72. The number of amides is 2. The fraction of sp³-hybridized carbons (Fsp3) is 0.429. The number of hydrogen-bond acceptors (Lipinski definition) is 5. The van der Waals surface area contributed by atoms with Crippen LogP contribution >= 0.6 is 0 Å². The summed E-state index contributed by atoms with van der Waals surface area (Å²) < 4.78 is 52.5. The molecule has 5 N–H and O–H groups in total. The second-order valence-corrected chi connectivity index (χ2v) is 7.04. The van der Waals surface area contributed by atoms with Crippen molar-refractivity contribution in [2.45, 2.75) is 30.7 Å². The molecule has 8 nitrogen and oxygen atoms in total. The molecule has 2 amide bonds. The molecule has 0 bridgehead atoms. The van der Waals surface area contributed by atoms with E-state index in [2.05, 4.69) is 10.0 Å². The zero-order valence-electron chi connectivity index (χ0n) is 13.7. The van der Waals surface area contributed by atoms with E-state index in [1.54, 1.807) is 0 Å². The van der Waals surface area contributed by atoms with Crippen LogP contribution in [-0.4, -0.2) is 45.3 Å². The lowest BCUT2D eigenvalue weighted by Gasteiger charge is -2.18. The molecule has 0 spiro atoms. The third-order valence-electron chi connectivity index (χ3n) is 3.03. The predicted octanol–water partition coefficient (Wildman–Crippen LogP) is 0.0220. The predicted molar refractivity (Wildman–Crippen MR) is 87.5 cm³/mol. The van der Waals surface area contributed by atoms with Crippen molar-refractivity contribution < 1.29 is 26.8 Å². The molecule has 1 aromatic rings. The van der Waals surface area contributed by atoms with Gasteiger partial charge in [0.05, 0.1) is 24.0 Å². The number of alkyl halides is 2. The topological polar surface area (TPSA) is 130 Å². The molecule has 0 aliphatic heterocycles. The molecule has 1 unspecified atom stereocenters. The first kappa shape index (κ1) is 20.9. The van der Waals surface area contributed by atoms with Gasteiger partial charge in [-0.3, -0.25) is 9.59 Å². The quantitative estimate of drug-likeness (QED) is 0.507. The van der Waals surface area contributed by atoms with Crippen molar-refractivity contribution in [3.8, 4) is 0 Å². The SMILES string of the molecule is CC(=O)Nc1ccc(S(=O)(=O)NC(C)C(=O)NCC(F)(F)CN)cc1. The molecule has 25 heavy (non-hydrogen) atoms. The maximum absolute atomic E-state index is 13.0. The Hall–Kier alpha value is -2.11. The second kappa shape index (κ2) is 8.32. The Labute approximate surface area is 144 Å². The molecular weight excluding hydrogens is 358 g/mol. The fourth-order valence-electron chi connectivity index (χ4n) is 1.72. The number of benzene rings is 1. The van der Waals surface area contributed by atoms with Gasteiger partial charge < -0.3 is 16.4 Å². The largest absolute Gasteiger partial charge is 0.349 e. The van der Waals surface area contributed by atoms with Crippen LogP contribution in [0.3, 0.4) is 0 Å². The number of carbonyl (C=O) groups excluding carboxylic acids is 2. The molecule has 1 rings (SSSR count). The number of sulfonamides is 1. The lowest BCUT2D eigenvalue weighted by atomic mass is 10.3. The van der Waals surface area contributed by atoms with Gasteiger partial charge in [-0.15, -0.1) is 0 Å². The smallest absolute Gasteiger partial charge is 0.277 e. The number of anilines is 1. The summed E-state index contributed by atoms with van der Waals surface area (Å²) in [6.45, 7) is 0.605. The van der Waals surface area contributed by atoms with E-state index in [9.17, 15) is 26.8 Å². The minimum Gasteiger partial charge on any atom is -0.349 e. The van der Waals surface area contributed by atoms with Gasteiger partial charge in [0.15, 0.2) is 0 Å². The zero-order chi connectivity index (χ0) is 19.3. The highest BCUT2D eigenvalue weighted by molar-refractivity contribution is 7.89. The van der Waals surface area contributed by atoms with E-state index < -0.39 is 41.0 Å². The van der Waals surface area contributed by atoms with Crippen LogP contribution in [0.4, 0.5) is 14.5 Å². The molecule has 0 aliphatic carbocycles. The highest BCUT2D eigenvalue weighted by atomic mass is 32.2. The highest BCUT2D eigenvalue weighted by Gasteiger charge is 2.29. The van der Waals surface area contributed by atoms with E-state index in [1.165, 1.54) is 38.1 Å². The van der Waals surface area contributed by atoms with Gasteiger partial charge in [-0.05, 0) is 31.2 Å². The molecule has 0 saturated carbocycles. The van der Waals surface area contributed by atoms with E-state index in [-0.39, 0.29) is 10.8 Å². The van der Waals surface area contributed by atoms with Gasteiger partial charge in [0.1, 0.15) is 0 Å². The summed E-state index contributed by atoms with van der Waals surface area (Å²) in [6.07, 6.45) is 0. The van der Waals surface area contributed by atoms with Crippen LogP contribution in [0.15, 0.2) is 29.2 Å². The number of halogens is 2. The first-order valence-electron chi connectivity index (χ1n) is 7.22. The standard InChI is InChI=1S/C14H20F2N4O4S/c1-9(13(22)18-8-14(15,16)7-17)20-25(23,24)12-5-3-11(4-6-12)19-10(2)21/h3-6,9,20H,7-8,17H2,1-2H3,(H,18,22)(H,19,21). The zero-order valence-corrected chi connectivity index (χ0v) is 14.5. The van der Waals surface area contributed by atoms with Crippen LogP contribution in [0.2, 0.25) is 0 Å². The number of nitrogens with two attached hydrogens (primary N) is 1. The summed E-state index contributed by atoms with van der Waals surface area (Å²) >= 11 is 0. The van der Waals surface area contributed by atoms with Crippen LogP contribution < -0.4 is 21.1 Å². The average Bonchev–Trinajstić information content (AvgIpc) is 2.52. The Morgan fingerprint density at radius 2 is 1.80 bits per heavy atom. The van der Waals surface area contributed by atoms with E-state index in [0.717, 1.165) is 0 Å². The summed E-state index contributed by atoms with van der Waals surface area (Å²) in [5, 5.41) is 4.41. The van der Waals surface area contributed by atoms with E-state index in [0.29, 0.717) is 5.69 Å². The molecule has 0 heterocycles. The number of nitrogens with one attached hydrogen (secondary N) is 3. The third-order valence-corrected chi connectivity index (χ3v) is 4.59. The Bertz CT molecular complexity index is 723. The van der Waals surface area contributed by atoms with Gasteiger partial charge in [-0.1, -0.05) is 0 Å². The average molecular weight is 378 g/mol. The van der Waals surface area contributed by atoms with Gasteiger partial charge >= 0.3 is 0 Å². The molecule has 0 aromatic heterocycles. The lowest BCUT2D eigenvalue weighted by Crippen LogP contribution is -2.49. The Kier molecular flexibility index (Phi) is 6.96. The minimum atomic E-state index is -4.04. The van der Waals surface area contributed by atoms with Crippen molar-refractivity contribution in [1.82, 2.24) is 10.0 Å². The molecule has 0 aliphatic rings. The molecule has 1 aromatic carbocycles. The first-order chi connectivity index (χ1) is 11.5. The Morgan fingerprint density at radius 3 is 2.28 bits per heavy atom. The van der Waals surface area contributed by atoms with Gasteiger partial charge in [0.25, 0.3) is 5.92 Å². The van der Waals surface area contributed by atoms with Crippen molar-refractivity contribution in [3.05, 3.63) is 24.3 Å². The van der Waals surface area contributed by atoms with Crippen molar-refractivity contribution in [2.75, 3.05) is 18.4 Å². The molecule has 0 radical (unpaired) electrons. The van der Waals surface area contributed by atoms with E-state index in [1.807, 2.05) is 5.32 Å². The van der Waals surface area contributed by atoms with Crippen molar-refractivity contribution in [1.29, 1.82) is 0 Å². The second-order valence-electron chi connectivity index (χ2n) is 5.33. The van der Waals surface area contributed by atoms with Gasteiger partial charge in [-0.25, -0.2) is 17.2 Å². The normalized spacial score (nSPS) is 13.2. The maximum atomic E-state index is 13.0. The summed E-state index contributed by atoms with van der Waals surface area (Å²) in [5.41, 5.74) is 5.25. The maximum Gasteiger partial charge on any atom is 0.277 e. The van der Waals surface area contributed by atoms with E-state index >= 15 is 0 Å². The van der Waals surface area contributed by atoms with Gasteiger partial charge in [0.2, 0.25) is 21.8 Å². The molecule has 0 saturated heterocycles. The summed E-state index contributed by atoms with van der Waals surface area (Å²) in [6, 6.07) is 3.96. The van der Waals surface area contributed by atoms with E-state index in [4.69, 9.17) is 5.73 Å². The summed E-state index contributed by atoms with van der Waals surface area (Å²) in [5.74, 6) is -4.49. The Morgan fingerprint density at radius 1 is 1.24 bits per heavy atom. The first-order valence-corrected chi connectivity index (χ1v) is 8.71. The number of carbonyl (C=O) groups is 2. The lowest BCUT2D eigenvalue weighted by molar-refractivity contribution is -0.124. The molecule has 1 atom stereocenters. The monoisotopic (exact) mass is 378 g/mol. The van der Waals surface area contributed by atoms with Crippen LogP contribution in [0.1, 0.15) is 13.8 Å². The highest BCUT2D eigenvalue weighted by Crippen LogP contribution is 2.14. The molecule has 0 fully saturated rings. The van der Waals surface area contributed by atoms with Crippen LogP contribution in [0, 0.1) is 0 Å². The summed E-state index contributed by atoms with van der Waals surface area (Å²) in [4.78, 5) is 22.5. The minimum absolute atomic E-state index is 0.145. The van der Waals surface area contributed by atoms with Crippen LogP contribution in [0.5, 0.6) is 0 Å². The Balaban J connectivity index is 2.73. The van der Waals surface area contributed by atoms with Gasteiger partial charge in [-0.2, -0.15) is 4.72 Å². The van der Waals surface area contributed by atoms with Crippen molar-refractivity contribution in [2.24, 2.45) is 5.73 Å². The van der Waals surface area contributed by atoms with Crippen molar-refractivity contribution >= 4 is 27.5 Å².